The summed E-state index contributed by atoms with van der Waals surface area (Å²) in [5.74, 6) is -0.863. The SMILES string of the molecule is C#CCCN(C)[C@H]1C[C@@H](C)OC(O[C@@H]2[C@@H](C)C(O[C@H]3C[C@@](C)(OC)[C@@H](O)[C@H](C)O3)[C@@H](C)C(=O)O[C@H](CC)[C@@](C)(O)[C@@H]3OCC(=C)CO[C@]2(C)C[C@@H](C)/C(=N\O)[C@@H]3C)[C@@H]1O. The number of carbonyl (C=O) groups excluding carboxylic acids is 1. The predicted molar refractivity (Wildman–Crippen MR) is 219 cm³/mol. The van der Waals surface area contributed by atoms with E-state index >= 15 is 0 Å². The summed E-state index contributed by atoms with van der Waals surface area (Å²) in [4.78, 5) is 16.6. The number of methoxy groups -OCH3 is 1. The highest BCUT2D eigenvalue weighted by Crippen LogP contribution is 2.43. The monoisotopic (exact) mass is 839 g/mol. The summed E-state index contributed by atoms with van der Waals surface area (Å²) in [5, 5.41) is 49.9. The number of esters is 1. The molecule has 59 heavy (non-hydrogen) atoms. The van der Waals surface area contributed by atoms with Gasteiger partial charge in [-0.1, -0.05) is 39.4 Å². The van der Waals surface area contributed by atoms with E-state index in [1.807, 2.05) is 46.6 Å². The van der Waals surface area contributed by atoms with Crippen molar-refractivity contribution in [2.45, 2.75) is 186 Å². The molecule has 4 saturated heterocycles. The number of carbonyl (C=O) groups is 1. The van der Waals surface area contributed by atoms with Gasteiger partial charge in [-0.05, 0) is 73.4 Å². The molecule has 2 unspecified atom stereocenters. The number of ether oxygens (including phenoxy) is 8. The van der Waals surface area contributed by atoms with Gasteiger partial charge >= 0.3 is 5.97 Å². The summed E-state index contributed by atoms with van der Waals surface area (Å²) in [7, 11) is 3.43. The molecule has 0 aromatic rings. The molecule has 15 nitrogen and oxygen atoms in total. The Bertz CT molecular complexity index is 1490. The Hall–Kier alpha value is -2.20. The molecule has 4 fully saturated rings. The van der Waals surface area contributed by atoms with Gasteiger partial charge in [-0.15, -0.1) is 12.3 Å². The Balaban J connectivity index is 1.95. The van der Waals surface area contributed by atoms with Crippen molar-refractivity contribution in [3.05, 3.63) is 12.2 Å². The van der Waals surface area contributed by atoms with Crippen LogP contribution >= 0.6 is 0 Å². The molecule has 0 spiro atoms. The average molecular weight is 839 g/mol. The van der Waals surface area contributed by atoms with Crippen LogP contribution < -0.4 is 0 Å². The number of aliphatic hydroxyl groups is 3. The normalized spacial score (nSPS) is 46.5. The minimum atomic E-state index is -1.76. The lowest BCUT2D eigenvalue weighted by atomic mass is 9.73. The molecule has 4 rings (SSSR count). The van der Waals surface area contributed by atoms with Gasteiger partial charge in [0.1, 0.15) is 23.9 Å². The molecule has 2 bridgehead atoms. The molecule has 0 amide bonds. The van der Waals surface area contributed by atoms with Crippen LogP contribution in [-0.2, 0) is 42.7 Å². The molecule has 4 N–H and O–H groups in total. The highest BCUT2D eigenvalue weighted by molar-refractivity contribution is 5.88. The van der Waals surface area contributed by atoms with Gasteiger partial charge in [-0.3, -0.25) is 9.69 Å². The standard InChI is InChI=1S/C44H74N2O13/c1-15-17-18-46(13)31-19-26(5)55-41(35(31)47)59-38-28(7)36(58-33-21-42(10,52-14)37(48)30(9)56-33)29(8)40(49)57-32(16-2)44(12,50)39-27(6)34(45-51)25(4)20-43(38,11)54-23-24(3)22-53-39/h1,25-33,35-39,41,47-48,50-51H,3,16-23H2,2,4-14H3/b45-34+/t25-,26-,27+,28+,29-,30+,31+,32-,33+,35-,36?,37+,38-,39-,41?,42-,43-,44-/m1/s1. The third kappa shape index (κ3) is 10.9. The van der Waals surface area contributed by atoms with Crippen molar-refractivity contribution in [2.24, 2.45) is 28.8 Å². The molecule has 18 atom stereocenters. The maximum Gasteiger partial charge on any atom is 0.311 e. The number of oxime groups is 1. The number of cyclic esters (lactones) is 1. The van der Waals surface area contributed by atoms with Gasteiger partial charge in [0, 0.05) is 50.3 Å². The van der Waals surface area contributed by atoms with Gasteiger partial charge in [-0.2, -0.15) is 0 Å². The van der Waals surface area contributed by atoms with Crippen molar-refractivity contribution in [3.63, 3.8) is 0 Å². The summed E-state index contributed by atoms with van der Waals surface area (Å²) < 4.78 is 52.0. The highest BCUT2D eigenvalue weighted by Gasteiger charge is 2.55. The number of likely N-dealkylation sites (N-methyl/N-ethyl adjacent to an activating group) is 1. The van der Waals surface area contributed by atoms with E-state index < -0.39 is 102 Å². The Morgan fingerprint density at radius 1 is 1.03 bits per heavy atom. The largest absolute Gasteiger partial charge is 0.459 e. The van der Waals surface area contributed by atoms with Crippen molar-refractivity contribution in [2.75, 3.05) is 33.9 Å². The maximum absolute atomic E-state index is 14.6. The summed E-state index contributed by atoms with van der Waals surface area (Å²) in [6.07, 6.45) is -2.04. The minimum absolute atomic E-state index is 0.0170. The molecule has 0 saturated carbocycles. The topological polar surface area (TPSA) is 187 Å². The van der Waals surface area contributed by atoms with E-state index in [9.17, 15) is 25.3 Å². The second-order valence-electron chi connectivity index (χ2n) is 18.3. The smallest absolute Gasteiger partial charge is 0.311 e. The van der Waals surface area contributed by atoms with Crippen LogP contribution in [0.15, 0.2) is 17.3 Å². The van der Waals surface area contributed by atoms with Crippen LogP contribution in [-0.4, -0.2) is 155 Å². The first kappa shape index (κ1) is 49.5. The molecular weight excluding hydrogens is 764 g/mol. The molecule has 4 aliphatic heterocycles. The number of rotatable bonds is 9. The van der Waals surface area contributed by atoms with Crippen LogP contribution in [0.1, 0.15) is 101 Å². The second kappa shape index (κ2) is 20.3. The van der Waals surface area contributed by atoms with E-state index in [0.717, 1.165) is 0 Å². The molecule has 0 aromatic heterocycles. The van der Waals surface area contributed by atoms with Crippen LogP contribution in [0.5, 0.6) is 0 Å². The van der Waals surface area contributed by atoms with Crippen LogP contribution in [0.4, 0.5) is 0 Å². The van der Waals surface area contributed by atoms with Gasteiger partial charge in [0.2, 0.25) is 0 Å². The third-order valence-electron chi connectivity index (χ3n) is 13.5. The van der Waals surface area contributed by atoms with E-state index in [4.69, 9.17) is 44.3 Å². The lowest BCUT2D eigenvalue weighted by molar-refractivity contribution is -0.320. The van der Waals surface area contributed by atoms with E-state index in [2.05, 4.69) is 17.7 Å². The number of terminal acetylenes is 1. The number of hydrogen-bond acceptors (Lipinski definition) is 15. The maximum atomic E-state index is 14.6. The molecule has 338 valence electrons. The summed E-state index contributed by atoms with van der Waals surface area (Å²) >= 11 is 0. The molecule has 0 aliphatic carbocycles. The van der Waals surface area contributed by atoms with Crippen molar-refractivity contribution in [1.29, 1.82) is 0 Å². The fourth-order valence-corrected chi connectivity index (χ4v) is 9.87. The Morgan fingerprint density at radius 3 is 2.32 bits per heavy atom. The summed E-state index contributed by atoms with van der Waals surface area (Å²) in [6.45, 7) is 22.8. The zero-order chi connectivity index (χ0) is 44.2. The molecule has 4 aliphatic rings. The Kier molecular flexibility index (Phi) is 17.0. The van der Waals surface area contributed by atoms with E-state index in [-0.39, 0.29) is 44.6 Å². The quantitative estimate of drug-likeness (QED) is 0.0857. The van der Waals surface area contributed by atoms with E-state index in [1.54, 1.807) is 34.6 Å². The van der Waals surface area contributed by atoms with Gasteiger partial charge in [0.25, 0.3) is 0 Å². The third-order valence-corrected chi connectivity index (χ3v) is 13.5. The average Bonchev–Trinajstić information content (AvgIpc) is 3.19. The molecular formula is C44H74N2O13. The van der Waals surface area contributed by atoms with Gasteiger partial charge < -0.3 is 58.4 Å². The molecule has 0 radical (unpaired) electrons. The van der Waals surface area contributed by atoms with Crippen LogP contribution in [0, 0.1) is 36.0 Å². The number of aliphatic hydroxyl groups excluding tert-OH is 2. The van der Waals surface area contributed by atoms with Gasteiger partial charge in [0.05, 0.1) is 66.6 Å². The van der Waals surface area contributed by atoms with Crippen molar-refractivity contribution >= 4 is 11.7 Å². The van der Waals surface area contributed by atoms with Gasteiger partial charge in [-0.25, -0.2) is 0 Å². The van der Waals surface area contributed by atoms with E-state index in [0.29, 0.717) is 30.7 Å². The van der Waals surface area contributed by atoms with Crippen LogP contribution in [0.25, 0.3) is 0 Å². The zero-order valence-corrected chi connectivity index (χ0v) is 37.5. The molecule has 4 heterocycles. The van der Waals surface area contributed by atoms with Crippen LogP contribution in [0.2, 0.25) is 0 Å². The first-order chi connectivity index (χ1) is 27.6. The number of fused-ring (bicyclic) bond motifs is 5. The number of nitrogens with zero attached hydrogens (tertiary/aromatic N) is 2. The van der Waals surface area contributed by atoms with Crippen LogP contribution in [0.3, 0.4) is 0 Å². The first-order valence-corrected chi connectivity index (χ1v) is 21.3. The fourth-order valence-electron chi connectivity index (χ4n) is 9.87. The fraction of sp³-hybridized carbons (Fsp3) is 0.864. The van der Waals surface area contributed by atoms with Gasteiger partial charge in [0.15, 0.2) is 12.6 Å². The number of hydrogen-bond donors (Lipinski definition) is 4. The van der Waals surface area contributed by atoms with Crippen molar-refractivity contribution in [1.82, 2.24) is 4.90 Å². The van der Waals surface area contributed by atoms with E-state index in [1.165, 1.54) is 7.11 Å². The highest BCUT2D eigenvalue weighted by atomic mass is 16.7. The second-order valence-corrected chi connectivity index (χ2v) is 18.3. The van der Waals surface area contributed by atoms with Crippen molar-refractivity contribution < 1.29 is 63.2 Å². The molecule has 15 heteroatoms. The predicted octanol–water partition coefficient (Wildman–Crippen LogP) is 4.06. The first-order valence-electron chi connectivity index (χ1n) is 21.3. The summed E-state index contributed by atoms with van der Waals surface area (Å²) in [6, 6.07) is -0.357. The Labute approximate surface area is 352 Å². The van der Waals surface area contributed by atoms with Crippen molar-refractivity contribution in [3.8, 4) is 12.3 Å². The Morgan fingerprint density at radius 2 is 1.71 bits per heavy atom. The summed E-state index contributed by atoms with van der Waals surface area (Å²) in [5.41, 5.74) is -3.17. The molecule has 0 aromatic carbocycles. The minimum Gasteiger partial charge on any atom is -0.459 e. The lowest BCUT2D eigenvalue weighted by Gasteiger charge is -2.50. The lowest BCUT2D eigenvalue weighted by Crippen LogP contribution is -2.62. The zero-order valence-electron chi connectivity index (χ0n) is 37.5.